The minimum Gasteiger partial charge on any atom is -0.493 e. The average Bonchev–Trinajstić information content (AvgIpc) is 2.68. The molecule has 1 N–H and O–H groups in total. The maximum atomic E-state index is 12.7. The second kappa shape index (κ2) is 9.96. The summed E-state index contributed by atoms with van der Waals surface area (Å²) in [6, 6.07) is 11.4. The summed E-state index contributed by atoms with van der Waals surface area (Å²) in [5.74, 6) is 1.07. The quantitative estimate of drug-likeness (QED) is 0.726. The summed E-state index contributed by atoms with van der Waals surface area (Å²) in [5, 5.41) is 2.99. The fourth-order valence-electron chi connectivity index (χ4n) is 3.17. The fraction of sp³-hybridized carbons (Fsp3) is 0.391. The highest BCUT2D eigenvalue weighted by Crippen LogP contribution is 2.29. The predicted molar refractivity (Wildman–Crippen MR) is 115 cm³/mol. The standard InChI is InChI=1S/C23H30N2O4/c1-15(2)19-9-7-8-16(3)23(19)24-22(27)14-25(17(4)26)13-18-10-11-20(28-5)21(12-18)29-6/h7-12,15H,13-14H2,1-6H3,(H,24,27). The third-order valence-electron chi connectivity index (χ3n) is 4.79. The first kappa shape index (κ1) is 22.3. The summed E-state index contributed by atoms with van der Waals surface area (Å²) in [6.07, 6.45) is 0. The zero-order chi connectivity index (χ0) is 21.6. The van der Waals surface area contributed by atoms with Gasteiger partial charge in [0, 0.05) is 19.2 Å². The average molecular weight is 399 g/mol. The molecule has 29 heavy (non-hydrogen) atoms. The zero-order valence-corrected chi connectivity index (χ0v) is 18.0. The van der Waals surface area contributed by atoms with Crippen molar-refractivity contribution in [1.82, 2.24) is 4.90 Å². The Morgan fingerprint density at radius 2 is 1.76 bits per heavy atom. The first-order valence-electron chi connectivity index (χ1n) is 9.62. The number of nitrogens with one attached hydrogen (secondary N) is 1. The summed E-state index contributed by atoms with van der Waals surface area (Å²) in [7, 11) is 3.13. The lowest BCUT2D eigenvalue weighted by Crippen LogP contribution is -2.36. The number of rotatable bonds is 8. The molecule has 0 spiro atoms. The number of benzene rings is 2. The van der Waals surface area contributed by atoms with Crippen molar-refractivity contribution in [3.63, 3.8) is 0 Å². The maximum absolute atomic E-state index is 12.7. The van der Waals surface area contributed by atoms with Gasteiger partial charge in [-0.25, -0.2) is 0 Å². The molecule has 156 valence electrons. The van der Waals surface area contributed by atoms with Gasteiger partial charge in [0.25, 0.3) is 0 Å². The topological polar surface area (TPSA) is 67.9 Å². The van der Waals surface area contributed by atoms with E-state index in [9.17, 15) is 9.59 Å². The molecule has 2 aromatic rings. The highest BCUT2D eigenvalue weighted by atomic mass is 16.5. The molecule has 0 bridgehead atoms. The molecule has 0 aliphatic rings. The molecule has 6 heteroatoms. The number of para-hydroxylation sites is 1. The van der Waals surface area contributed by atoms with Crippen LogP contribution in [0, 0.1) is 6.92 Å². The molecule has 2 aromatic carbocycles. The van der Waals surface area contributed by atoms with Crippen LogP contribution in [0.15, 0.2) is 36.4 Å². The third kappa shape index (κ3) is 5.73. The van der Waals surface area contributed by atoms with Crippen molar-refractivity contribution < 1.29 is 19.1 Å². The molecule has 0 fully saturated rings. The van der Waals surface area contributed by atoms with Gasteiger partial charge in [0.05, 0.1) is 14.2 Å². The SMILES string of the molecule is COc1ccc(CN(CC(=O)Nc2c(C)cccc2C(C)C)C(C)=O)cc1OC. The fourth-order valence-corrected chi connectivity index (χ4v) is 3.17. The molecule has 0 aliphatic carbocycles. The Balaban J connectivity index is 2.16. The summed E-state index contributed by atoms with van der Waals surface area (Å²) in [4.78, 5) is 26.4. The zero-order valence-electron chi connectivity index (χ0n) is 18.0. The lowest BCUT2D eigenvalue weighted by molar-refractivity contribution is -0.133. The number of ether oxygens (including phenoxy) is 2. The minimum absolute atomic E-state index is 0.0322. The van der Waals surface area contributed by atoms with E-state index in [4.69, 9.17) is 9.47 Å². The van der Waals surface area contributed by atoms with E-state index in [0.29, 0.717) is 18.0 Å². The number of carbonyl (C=O) groups is 2. The summed E-state index contributed by atoms with van der Waals surface area (Å²) >= 11 is 0. The maximum Gasteiger partial charge on any atom is 0.244 e. The van der Waals surface area contributed by atoms with Crippen molar-refractivity contribution >= 4 is 17.5 Å². The Labute approximate surface area is 172 Å². The van der Waals surface area contributed by atoms with Gasteiger partial charge in [0.15, 0.2) is 11.5 Å². The van der Waals surface area contributed by atoms with Crippen molar-refractivity contribution in [1.29, 1.82) is 0 Å². The number of anilines is 1. The number of aryl methyl sites for hydroxylation is 1. The van der Waals surface area contributed by atoms with E-state index in [1.54, 1.807) is 20.3 Å². The van der Waals surface area contributed by atoms with Crippen LogP contribution in [0.3, 0.4) is 0 Å². The molecule has 2 amide bonds. The van der Waals surface area contributed by atoms with Crippen LogP contribution in [-0.4, -0.2) is 37.5 Å². The van der Waals surface area contributed by atoms with Crippen LogP contribution in [0.25, 0.3) is 0 Å². The van der Waals surface area contributed by atoms with E-state index in [1.165, 1.54) is 11.8 Å². The van der Waals surface area contributed by atoms with Crippen molar-refractivity contribution in [2.24, 2.45) is 0 Å². The van der Waals surface area contributed by atoms with Crippen LogP contribution in [0.4, 0.5) is 5.69 Å². The van der Waals surface area contributed by atoms with Crippen LogP contribution in [-0.2, 0) is 16.1 Å². The number of nitrogens with zero attached hydrogens (tertiary/aromatic N) is 1. The molecule has 0 unspecified atom stereocenters. The van der Waals surface area contributed by atoms with Crippen molar-refractivity contribution in [3.05, 3.63) is 53.1 Å². The van der Waals surface area contributed by atoms with E-state index in [1.807, 2.05) is 37.3 Å². The molecular formula is C23H30N2O4. The highest BCUT2D eigenvalue weighted by molar-refractivity contribution is 5.95. The minimum atomic E-state index is -0.225. The predicted octanol–water partition coefficient (Wildman–Crippen LogP) is 4.12. The normalized spacial score (nSPS) is 10.6. The van der Waals surface area contributed by atoms with Crippen LogP contribution in [0.1, 0.15) is 43.4 Å². The van der Waals surface area contributed by atoms with E-state index >= 15 is 0 Å². The molecule has 0 saturated carbocycles. The van der Waals surface area contributed by atoms with Gasteiger partial charge in [0.2, 0.25) is 11.8 Å². The van der Waals surface area contributed by atoms with Gasteiger partial charge >= 0.3 is 0 Å². The molecule has 0 atom stereocenters. The van der Waals surface area contributed by atoms with Crippen molar-refractivity contribution in [2.75, 3.05) is 26.1 Å². The van der Waals surface area contributed by atoms with E-state index in [-0.39, 0.29) is 24.3 Å². The van der Waals surface area contributed by atoms with Gasteiger partial charge in [-0.2, -0.15) is 0 Å². The number of hydrogen-bond donors (Lipinski definition) is 1. The van der Waals surface area contributed by atoms with Gasteiger partial charge in [-0.3, -0.25) is 9.59 Å². The van der Waals surface area contributed by atoms with Gasteiger partial charge in [-0.05, 0) is 41.7 Å². The molecule has 0 aromatic heterocycles. The Kier molecular flexibility index (Phi) is 7.65. The first-order valence-corrected chi connectivity index (χ1v) is 9.62. The molecule has 0 saturated heterocycles. The molecular weight excluding hydrogens is 368 g/mol. The van der Waals surface area contributed by atoms with Crippen molar-refractivity contribution in [3.8, 4) is 11.5 Å². The molecule has 0 aliphatic heterocycles. The van der Waals surface area contributed by atoms with E-state index in [0.717, 1.165) is 22.4 Å². The van der Waals surface area contributed by atoms with Gasteiger partial charge < -0.3 is 19.7 Å². The Bertz CT molecular complexity index is 877. The van der Waals surface area contributed by atoms with Crippen LogP contribution >= 0.6 is 0 Å². The Hall–Kier alpha value is -3.02. The third-order valence-corrected chi connectivity index (χ3v) is 4.79. The lowest BCUT2D eigenvalue weighted by atomic mass is 9.98. The second-order valence-electron chi connectivity index (χ2n) is 7.31. The smallest absolute Gasteiger partial charge is 0.244 e. The Morgan fingerprint density at radius 3 is 2.34 bits per heavy atom. The van der Waals surface area contributed by atoms with E-state index < -0.39 is 0 Å². The first-order chi connectivity index (χ1) is 13.8. The lowest BCUT2D eigenvalue weighted by Gasteiger charge is -2.22. The largest absolute Gasteiger partial charge is 0.493 e. The van der Waals surface area contributed by atoms with Crippen LogP contribution in [0.5, 0.6) is 11.5 Å². The van der Waals surface area contributed by atoms with Gasteiger partial charge in [0.1, 0.15) is 6.54 Å². The molecule has 6 nitrogen and oxygen atoms in total. The summed E-state index contributed by atoms with van der Waals surface area (Å²) in [5.41, 5.74) is 3.75. The van der Waals surface area contributed by atoms with Crippen LogP contribution in [0.2, 0.25) is 0 Å². The number of methoxy groups -OCH3 is 2. The highest BCUT2D eigenvalue weighted by Gasteiger charge is 2.18. The molecule has 0 heterocycles. The number of carbonyl (C=O) groups excluding carboxylic acids is 2. The number of amides is 2. The molecule has 2 rings (SSSR count). The van der Waals surface area contributed by atoms with Gasteiger partial charge in [-0.1, -0.05) is 38.1 Å². The second-order valence-corrected chi connectivity index (χ2v) is 7.31. The van der Waals surface area contributed by atoms with Crippen molar-refractivity contribution in [2.45, 2.75) is 40.2 Å². The Morgan fingerprint density at radius 1 is 1.07 bits per heavy atom. The molecule has 0 radical (unpaired) electrons. The summed E-state index contributed by atoms with van der Waals surface area (Å²) < 4.78 is 10.6. The van der Waals surface area contributed by atoms with Crippen LogP contribution < -0.4 is 14.8 Å². The van der Waals surface area contributed by atoms with E-state index in [2.05, 4.69) is 19.2 Å². The monoisotopic (exact) mass is 398 g/mol. The summed E-state index contributed by atoms with van der Waals surface area (Å²) in [6.45, 7) is 7.87. The number of hydrogen-bond acceptors (Lipinski definition) is 4. The van der Waals surface area contributed by atoms with Gasteiger partial charge in [-0.15, -0.1) is 0 Å².